The number of anilines is 1. The topological polar surface area (TPSA) is 85.2 Å². The molecule has 0 radical (unpaired) electrons. The van der Waals surface area contributed by atoms with Crippen LogP contribution in [0.15, 0.2) is 33.3 Å². The van der Waals surface area contributed by atoms with E-state index in [-0.39, 0.29) is 11.8 Å². The van der Waals surface area contributed by atoms with Crippen molar-refractivity contribution in [1.29, 1.82) is 0 Å². The van der Waals surface area contributed by atoms with Crippen LogP contribution in [0.3, 0.4) is 0 Å². The van der Waals surface area contributed by atoms with E-state index in [4.69, 9.17) is 10.3 Å². The number of nitrogens with zero attached hydrogens (tertiary/aromatic N) is 3. The maximum absolute atomic E-state index is 12.4. The van der Waals surface area contributed by atoms with Crippen molar-refractivity contribution < 1.29 is 9.32 Å². The Labute approximate surface area is 142 Å². The predicted octanol–water partition coefficient (Wildman–Crippen LogP) is 2.69. The van der Waals surface area contributed by atoms with Gasteiger partial charge < -0.3 is 15.2 Å². The highest BCUT2D eigenvalue weighted by Crippen LogP contribution is 2.39. The lowest BCUT2D eigenvalue weighted by Gasteiger charge is -2.34. The van der Waals surface area contributed by atoms with Crippen molar-refractivity contribution in [1.82, 2.24) is 10.1 Å². The van der Waals surface area contributed by atoms with Crippen molar-refractivity contribution in [3.63, 3.8) is 0 Å². The van der Waals surface area contributed by atoms with Gasteiger partial charge >= 0.3 is 0 Å². The zero-order valence-electron chi connectivity index (χ0n) is 12.5. The van der Waals surface area contributed by atoms with Gasteiger partial charge in [0.25, 0.3) is 0 Å². The summed E-state index contributed by atoms with van der Waals surface area (Å²) in [6.45, 7) is 0.542. The zero-order chi connectivity index (χ0) is 16.0. The van der Waals surface area contributed by atoms with Gasteiger partial charge in [-0.25, -0.2) is 0 Å². The van der Waals surface area contributed by atoms with E-state index in [0.717, 1.165) is 29.4 Å². The molecule has 1 unspecified atom stereocenters. The molecule has 1 aliphatic carbocycles. The Hall–Kier alpha value is -1.73. The molecule has 120 valence electrons. The molecule has 2 aromatic rings. The van der Waals surface area contributed by atoms with E-state index in [1.54, 1.807) is 4.90 Å². The van der Waals surface area contributed by atoms with Gasteiger partial charge in [-0.15, -0.1) is 0 Å². The lowest BCUT2D eigenvalue weighted by molar-refractivity contribution is -0.117. The molecule has 2 aliphatic rings. The Morgan fingerprint density at radius 2 is 2.13 bits per heavy atom. The minimum absolute atomic E-state index is 0.0627. The zero-order valence-corrected chi connectivity index (χ0v) is 14.1. The molecular formula is C16H17BrN4O2. The SMILES string of the molecule is NC1(c2noc(C3CC(=O)N(c4ccccc4Br)C3)n2)CCC1. The molecule has 0 bridgehead atoms. The Bertz CT molecular complexity index is 756. The number of aromatic nitrogens is 2. The second-order valence-electron chi connectivity index (χ2n) is 6.32. The lowest BCUT2D eigenvalue weighted by Crippen LogP contribution is -2.44. The van der Waals surface area contributed by atoms with Crippen LogP contribution in [0.4, 0.5) is 5.69 Å². The van der Waals surface area contributed by atoms with E-state index >= 15 is 0 Å². The Morgan fingerprint density at radius 3 is 2.83 bits per heavy atom. The van der Waals surface area contributed by atoms with Crippen molar-refractivity contribution >= 4 is 27.5 Å². The molecule has 2 fully saturated rings. The van der Waals surface area contributed by atoms with Crippen molar-refractivity contribution in [2.45, 2.75) is 37.1 Å². The van der Waals surface area contributed by atoms with Gasteiger partial charge in [-0.2, -0.15) is 4.98 Å². The molecule has 2 N–H and O–H groups in total. The van der Waals surface area contributed by atoms with Gasteiger partial charge in [-0.1, -0.05) is 17.3 Å². The molecule has 23 heavy (non-hydrogen) atoms. The van der Waals surface area contributed by atoms with E-state index in [2.05, 4.69) is 26.1 Å². The predicted molar refractivity (Wildman–Crippen MR) is 87.9 cm³/mol. The first-order valence-electron chi connectivity index (χ1n) is 7.75. The molecule has 4 rings (SSSR count). The third-order valence-corrected chi connectivity index (χ3v) is 5.42. The van der Waals surface area contributed by atoms with E-state index in [0.29, 0.717) is 24.7 Å². The number of halogens is 1. The van der Waals surface area contributed by atoms with Gasteiger partial charge in [0, 0.05) is 17.4 Å². The number of carbonyl (C=O) groups excluding carboxylic acids is 1. The summed E-state index contributed by atoms with van der Waals surface area (Å²) in [5.41, 5.74) is 6.66. The summed E-state index contributed by atoms with van der Waals surface area (Å²) in [4.78, 5) is 18.6. The monoisotopic (exact) mass is 376 g/mol. The van der Waals surface area contributed by atoms with Crippen molar-refractivity contribution in [2.24, 2.45) is 5.73 Å². The van der Waals surface area contributed by atoms with Crippen LogP contribution >= 0.6 is 15.9 Å². The summed E-state index contributed by atoms with van der Waals surface area (Å²) in [6.07, 6.45) is 3.25. The second kappa shape index (κ2) is 5.42. The van der Waals surface area contributed by atoms with Crippen LogP contribution in [-0.2, 0) is 10.3 Å². The van der Waals surface area contributed by atoms with Crippen LogP contribution in [0.2, 0.25) is 0 Å². The highest BCUT2D eigenvalue weighted by atomic mass is 79.9. The first-order valence-corrected chi connectivity index (χ1v) is 8.54. The molecule has 2 heterocycles. The molecule has 1 aromatic heterocycles. The third-order valence-electron chi connectivity index (χ3n) is 4.75. The van der Waals surface area contributed by atoms with Crippen LogP contribution in [0, 0.1) is 0 Å². The van der Waals surface area contributed by atoms with Crippen LogP contribution in [0.1, 0.15) is 43.3 Å². The standard InChI is InChI=1S/C16H17BrN4O2/c17-11-4-1-2-5-12(11)21-9-10(8-13(21)22)14-19-15(20-23-14)16(18)6-3-7-16/h1-2,4-5,10H,3,6-9,18H2. The van der Waals surface area contributed by atoms with Gasteiger partial charge in [0.05, 0.1) is 17.1 Å². The average Bonchev–Trinajstić information content (AvgIpc) is 3.12. The number of rotatable bonds is 3. The van der Waals surface area contributed by atoms with Crippen LogP contribution < -0.4 is 10.6 Å². The average molecular weight is 377 g/mol. The molecule has 1 aromatic carbocycles. The quantitative estimate of drug-likeness (QED) is 0.889. The highest BCUT2D eigenvalue weighted by Gasteiger charge is 2.41. The number of para-hydroxylation sites is 1. The minimum atomic E-state index is -0.438. The van der Waals surface area contributed by atoms with Crippen molar-refractivity contribution in [2.75, 3.05) is 11.4 Å². The lowest BCUT2D eigenvalue weighted by atomic mass is 9.77. The van der Waals surface area contributed by atoms with Crippen LogP contribution in [0.25, 0.3) is 0 Å². The minimum Gasteiger partial charge on any atom is -0.339 e. The Balaban J connectivity index is 1.56. The molecule has 0 spiro atoms. The van der Waals surface area contributed by atoms with Gasteiger partial charge in [0.1, 0.15) is 0 Å². The fourth-order valence-corrected chi connectivity index (χ4v) is 3.66. The van der Waals surface area contributed by atoms with E-state index in [1.165, 1.54) is 0 Å². The first-order chi connectivity index (χ1) is 11.1. The summed E-state index contributed by atoms with van der Waals surface area (Å²) in [6, 6.07) is 7.69. The third kappa shape index (κ3) is 2.48. The van der Waals surface area contributed by atoms with Gasteiger partial charge in [0.15, 0.2) is 5.82 Å². The molecule has 1 saturated heterocycles. The summed E-state index contributed by atoms with van der Waals surface area (Å²) in [5.74, 6) is 1.07. The van der Waals surface area contributed by atoms with E-state index in [9.17, 15) is 4.79 Å². The van der Waals surface area contributed by atoms with Crippen LogP contribution in [-0.4, -0.2) is 22.6 Å². The first kappa shape index (κ1) is 14.8. The molecule has 1 amide bonds. The molecule has 1 aliphatic heterocycles. The normalized spacial score (nSPS) is 23.1. The fraction of sp³-hybridized carbons (Fsp3) is 0.438. The maximum atomic E-state index is 12.4. The molecule has 7 heteroatoms. The van der Waals surface area contributed by atoms with Crippen molar-refractivity contribution in [3.8, 4) is 0 Å². The van der Waals surface area contributed by atoms with Gasteiger partial charge in [0.2, 0.25) is 11.8 Å². The summed E-state index contributed by atoms with van der Waals surface area (Å²) in [7, 11) is 0. The second-order valence-corrected chi connectivity index (χ2v) is 7.18. The number of nitrogens with two attached hydrogens (primary N) is 1. The molecule has 1 saturated carbocycles. The summed E-state index contributed by atoms with van der Waals surface area (Å²) < 4.78 is 6.30. The number of amides is 1. The Morgan fingerprint density at radius 1 is 1.35 bits per heavy atom. The highest BCUT2D eigenvalue weighted by molar-refractivity contribution is 9.10. The molecular weight excluding hydrogens is 360 g/mol. The molecule has 6 nitrogen and oxygen atoms in total. The van der Waals surface area contributed by atoms with Gasteiger partial charge in [-0.05, 0) is 47.3 Å². The maximum Gasteiger partial charge on any atom is 0.232 e. The number of carbonyl (C=O) groups is 1. The molecule has 1 atom stereocenters. The largest absolute Gasteiger partial charge is 0.339 e. The summed E-state index contributed by atoms with van der Waals surface area (Å²) >= 11 is 3.50. The smallest absolute Gasteiger partial charge is 0.232 e. The van der Waals surface area contributed by atoms with E-state index in [1.807, 2.05) is 24.3 Å². The van der Waals surface area contributed by atoms with Crippen LogP contribution in [0.5, 0.6) is 0 Å². The number of hydrogen-bond donors (Lipinski definition) is 1. The number of benzene rings is 1. The van der Waals surface area contributed by atoms with E-state index < -0.39 is 5.54 Å². The summed E-state index contributed by atoms with van der Waals surface area (Å²) in [5, 5.41) is 4.04. The number of hydrogen-bond acceptors (Lipinski definition) is 5. The van der Waals surface area contributed by atoms with Gasteiger partial charge in [-0.3, -0.25) is 4.79 Å². The van der Waals surface area contributed by atoms with Crippen molar-refractivity contribution in [3.05, 3.63) is 40.5 Å². The Kier molecular flexibility index (Phi) is 3.50. The fourth-order valence-electron chi connectivity index (χ4n) is 3.16.